The van der Waals surface area contributed by atoms with Gasteiger partial charge >= 0.3 is 0 Å². The molecular formula is C23H26N8O3. The zero-order valence-electron chi connectivity index (χ0n) is 19.4. The number of ether oxygens (including phenoxy) is 1. The minimum atomic E-state index is -0.422. The van der Waals surface area contributed by atoms with E-state index in [0.29, 0.717) is 47.4 Å². The van der Waals surface area contributed by atoms with Gasteiger partial charge in [-0.2, -0.15) is 0 Å². The number of nitrogens with zero attached hydrogens (tertiary/aromatic N) is 6. The third kappa shape index (κ3) is 4.33. The van der Waals surface area contributed by atoms with Gasteiger partial charge in [-0.3, -0.25) is 14.7 Å². The fourth-order valence-electron chi connectivity index (χ4n) is 3.74. The molecule has 1 aromatic carbocycles. The number of nitrogens with one attached hydrogen (secondary N) is 2. The quantitative estimate of drug-likeness (QED) is 0.284. The summed E-state index contributed by atoms with van der Waals surface area (Å²) >= 11 is 0. The first kappa shape index (κ1) is 22.9. The van der Waals surface area contributed by atoms with Gasteiger partial charge in [0.25, 0.3) is 5.69 Å². The molecule has 0 fully saturated rings. The fourth-order valence-corrected chi connectivity index (χ4v) is 3.74. The van der Waals surface area contributed by atoms with Crippen LogP contribution in [0.15, 0.2) is 48.9 Å². The summed E-state index contributed by atoms with van der Waals surface area (Å²) in [7, 11) is 7.06. The van der Waals surface area contributed by atoms with E-state index in [-0.39, 0.29) is 5.69 Å². The molecule has 0 aliphatic heterocycles. The zero-order valence-corrected chi connectivity index (χ0v) is 19.4. The van der Waals surface area contributed by atoms with Crippen molar-refractivity contribution < 1.29 is 9.66 Å². The maximum Gasteiger partial charge on any atom is 0.295 e. The van der Waals surface area contributed by atoms with Gasteiger partial charge in [0, 0.05) is 50.2 Å². The Kier molecular flexibility index (Phi) is 6.55. The SMILES string of the molecule is CNc1cc([N+](=O)[O-])c(NCCN(C)C)c(-c2nccc(-n3ccc4cccnc43)n2)c1OC. The number of nitro groups is 1. The predicted octanol–water partition coefficient (Wildman–Crippen LogP) is 3.41. The Morgan fingerprint density at radius 3 is 2.74 bits per heavy atom. The van der Waals surface area contributed by atoms with E-state index in [2.05, 4.69) is 20.6 Å². The van der Waals surface area contributed by atoms with Crippen LogP contribution < -0.4 is 15.4 Å². The van der Waals surface area contributed by atoms with Gasteiger partial charge in [-0.25, -0.2) is 15.0 Å². The maximum atomic E-state index is 12.0. The van der Waals surface area contributed by atoms with Crippen molar-refractivity contribution in [3.63, 3.8) is 0 Å². The van der Waals surface area contributed by atoms with E-state index in [1.165, 1.54) is 13.2 Å². The van der Waals surface area contributed by atoms with Crippen molar-refractivity contribution in [3.05, 3.63) is 59.0 Å². The van der Waals surface area contributed by atoms with Gasteiger partial charge in [-0.05, 0) is 38.4 Å². The van der Waals surface area contributed by atoms with Crippen molar-refractivity contribution >= 4 is 28.1 Å². The normalized spacial score (nSPS) is 11.1. The predicted molar refractivity (Wildman–Crippen MR) is 132 cm³/mol. The van der Waals surface area contributed by atoms with Crippen molar-refractivity contribution in [1.82, 2.24) is 24.4 Å². The lowest BCUT2D eigenvalue weighted by molar-refractivity contribution is -0.383. The summed E-state index contributed by atoms with van der Waals surface area (Å²) in [4.78, 5) is 27.2. The Labute approximate surface area is 196 Å². The van der Waals surface area contributed by atoms with Gasteiger partial charge in [0.05, 0.1) is 23.3 Å². The highest BCUT2D eigenvalue weighted by atomic mass is 16.6. The van der Waals surface area contributed by atoms with Crippen LogP contribution in [0, 0.1) is 10.1 Å². The molecule has 3 heterocycles. The molecule has 11 nitrogen and oxygen atoms in total. The van der Waals surface area contributed by atoms with E-state index in [4.69, 9.17) is 9.72 Å². The van der Waals surface area contributed by atoms with Crippen molar-refractivity contribution in [3.8, 4) is 23.0 Å². The van der Waals surface area contributed by atoms with Crippen LogP contribution >= 0.6 is 0 Å². The number of likely N-dealkylation sites (N-methyl/N-ethyl adjacent to an activating group) is 1. The molecule has 0 atom stereocenters. The Bertz CT molecular complexity index is 1340. The molecule has 0 amide bonds. The maximum absolute atomic E-state index is 12.0. The molecule has 0 bridgehead atoms. The number of methoxy groups -OCH3 is 1. The molecule has 2 N–H and O–H groups in total. The lowest BCUT2D eigenvalue weighted by Crippen LogP contribution is -2.21. The number of nitro benzene ring substituents is 1. The molecule has 4 rings (SSSR count). The van der Waals surface area contributed by atoms with Gasteiger partial charge in [0.1, 0.15) is 17.2 Å². The highest BCUT2D eigenvalue weighted by Gasteiger charge is 2.28. The molecule has 0 saturated heterocycles. The van der Waals surface area contributed by atoms with Gasteiger partial charge in [-0.1, -0.05) is 0 Å². The molecule has 0 spiro atoms. The van der Waals surface area contributed by atoms with Crippen LogP contribution in [0.25, 0.3) is 28.2 Å². The van der Waals surface area contributed by atoms with Crippen LogP contribution in [-0.4, -0.2) is 70.7 Å². The summed E-state index contributed by atoms with van der Waals surface area (Å²) in [6.07, 6.45) is 5.22. The van der Waals surface area contributed by atoms with Crippen molar-refractivity contribution in [2.24, 2.45) is 0 Å². The van der Waals surface area contributed by atoms with Gasteiger partial charge in [0.2, 0.25) is 0 Å². The number of benzene rings is 1. The van der Waals surface area contributed by atoms with Crippen LogP contribution in [0.1, 0.15) is 0 Å². The number of hydrogen-bond donors (Lipinski definition) is 2. The number of hydrogen-bond acceptors (Lipinski definition) is 9. The molecule has 4 aromatic rings. The van der Waals surface area contributed by atoms with Crippen LogP contribution in [0.3, 0.4) is 0 Å². The lowest BCUT2D eigenvalue weighted by atomic mass is 10.1. The molecule has 11 heteroatoms. The minimum absolute atomic E-state index is 0.0963. The van der Waals surface area contributed by atoms with E-state index in [1.807, 2.05) is 48.0 Å². The standard InChI is InChI=1S/C23H26N8O3/c1-24-16-14-17(31(32)33)20(25-11-13-29(2)3)19(21(16)34-4)22-26-10-7-18(28-22)30-12-8-15-6-5-9-27-23(15)30/h5-10,12,14,24-25H,11,13H2,1-4H3. The summed E-state index contributed by atoms with van der Waals surface area (Å²) in [5.74, 6) is 1.28. The molecule has 0 unspecified atom stereocenters. The second kappa shape index (κ2) is 9.71. The first-order chi connectivity index (χ1) is 16.4. The molecule has 0 aliphatic carbocycles. The number of pyridine rings is 1. The molecular weight excluding hydrogens is 436 g/mol. The molecule has 176 valence electrons. The number of rotatable bonds is 9. The van der Waals surface area contributed by atoms with Crippen molar-refractivity contribution in [1.29, 1.82) is 0 Å². The average Bonchev–Trinajstić information content (AvgIpc) is 3.27. The van der Waals surface area contributed by atoms with Crippen LogP contribution in [0.5, 0.6) is 5.75 Å². The number of fused-ring (bicyclic) bond motifs is 1. The van der Waals surface area contributed by atoms with E-state index in [9.17, 15) is 10.1 Å². The monoisotopic (exact) mass is 462 g/mol. The van der Waals surface area contributed by atoms with E-state index < -0.39 is 4.92 Å². The summed E-state index contributed by atoms with van der Waals surface area (Å²) in [6, 6.07) is 9.01. The third-order valence-corrected chi connectivity index (χ3v) is 5.35. The minimum Gasteiger partial charge on any atom is -0.494 e. The van der Waals surface area contributed by atoms with Gasteiger partial charge in [-0.15, -0.1) is 0 Å². The Hall–Kier alpha value is -4.25. The molecule has 0 aliphatic rings. The topological polar surface area (TPSA) is 123 Å². The first-order valence-electron chi connectivity index (χ1n) is 10.7. The lowest BCUT2D eigenvalue weighted by Gasteiger charge is -2.19. The summed E-state index contributed by atoms with van der Waals surface area (Å²) < 4.78 is 7.54. The largest absolute Gasteiger partial charge is 0.494 e. The number of anilines is 2. The van der Waals surface area contributed by atoms with Crippen LogP contribution in [-0.2, 0) is 0 Å². The zero-order chi connectivity index (χ0) is 24.2. The van der Waals surface area contributed by atoms with Gasteiger partial charge < -0.3 is 20.3 Å². The molecule has 0 saturated carbocycles. The van der Waals surface area contributed by atoms with E-state index in [0.717, 1.165) is 11.0 Å². The smallest absolute Gasteiger partial charge is 0.295 e. The second-order valence-corrected chi connectivity index (χ2v) is 7.80. The fraction of sp³-hybridized carbons (Fsp3) is 0.261. The molecule has 3 aromatic heterocycles. The Balaban J connectivity index is 1.92. The summed E-state index contributed by atoms with van der Waals surface area (Å²) in [5.41, 5.74) is 1.82. The van der Waals surface area contributed by atoms with Crippen molar-refractivity contribution in [2.75, 3.05) is 52.0 Å². The van der Waals surface area contributed by atoms with E-state index >= 15 is 0 Å². The van der Waals surface area contributed by atoms with E-state index in [1.54, 1.807) is 25.5 Å². The Morgan fingerprint density at radius 1 is 1.21 bits per heavy atom. The number of aromatic nitrogens is 4. The Morgan fingerprint density at radius 2 is 2.03 bits per heavy atom. The third-order valence-electron chi connectivity index (χ3n) is 5.35. The van der Waals surface area contributed by atoms with Gasteiger partial charge in [0.15, 0.2) is 11.6 Å². The highest BCUT2D eigenvalue weighted by Crippen LogP contribution is 2.46. The average molecular weight is 463 g/mol. The van der Waals surface area contributed by atoms with Crippen LogP contribution in [0.2, 0.25) is 0 Å². The second-order valence-electron chi connectivity index (χ2n) is 7.80. The highest BCUT2D eigenvalue weighted by molar-refractivity contribution is 5.92. The van der Waals surface area contributed by atoms with Crippen LogP contribution in [0.4, 0.5) is 17.1 Å². The summed E-state index contributed by atoms with van der Waals surface area (Å²) in [5, 5.41) is 19.2. The summed E-state index contributed by atoms with van der Waals surface area (Å²) in [6.45, 7) is 1.16. The molecule has 0 radical (unpaired) electrons. The van der Waals surface area contributed by atoms with Crippen molar-refractivity contribution in [2.45, 2.75) is 0 Å². The first-order valence-corrected chi connectivity index (χ1v) is 10.7. The molecule has 34 heavy (non-hydrogen) atoms.